The molecule has 0 spiro atoms. The van der Waals surface area contributed by atoms with Crippen LogP contribution in [0.4, 0.5) is 4.39 Å². The van der Waals surface area contributed by atoms with Crippen molar-refractivity contribution in [3.63, 3.8) is 0 Å². The van der Waals surface area contributed by atoms with Gasteiger partial charge < -0.3 is 10.0 Å². The van der Waals surface area contributed by atoms with E-state index < -0.39 is 0 Å². The van der Waals surface area contributed by atoms with E-state index in [0.29, 0.717) is 36.0 Å². The number of aliphatic hydroxyl groups excluding tert-OH is 1. The zero-order valence-corrected chi connectivity index (χ0v) is 12.2. The van der Waals surface area contributed by atoms with Gasteiger partial charge >= 0.3 is 0 Å². The Morgan fingerprint density at radius 2 is 2.32 bits per heavy atom. The second-order valence-electron chi connectivity index (χ2n) is 4.91. The molecule has 1 amide bonds. The van der Waals surface area contributed by atoms with Crippen molar-refractivity contribution < 1.29 is 14.3 Å². The molecule has 1 atom stereocenters. The third-order valence-electron chi connectivity index (χ3n) is 3.52. The number of benzene rings is 1. The van der Waals surface area contributed by atoms with Crippen LogP contribution >= 0.6 is 15.9 Å². The molecule has 0 radical (unpaired) electrons. The summed E-state index contributed by atoms with van der Waals surface area (Å²) in [6, 6.07) is 4.89. The molecule has 2 rings (SSSR count). The van der Waals surface area contributed by atoms with Gasteiger partial charge in [0.1, 0.15) is 5.82 Å². The molecular weight excluding hydrogens is 313 g/mol. The minimum atomic E-state index is -0.281. The standard InChI is InChI=1S/C14H17BrFNO2/c15-12-3-1-11(13(16)7-12)2-4-14(19)17-6-5-10(8-17)9-18/h1,3,7,10,18H,2,4-6,8-9H2. The number of hydrogen-bond donors (Lipinski definition) is 1. The Labute approximate surface area is 120 Å². The second-order valence-corrected chi connectivity index (χ2v) is 5.83. The first-order valence-electron chi connectivity index (χ1n) is 6.42. The molecule has 104 valence electrons. The van der Waals surface area contributed by atoms with Crippen LogP contribution in [0.1, 0.15) is 18.4 Å². The van der Waals surface area contributed by atoms with E-state index in [0.717, 1.165) is 6.42 Å². The summed E-state index contributed by atoms with van der Waals surface area (Å²) in [4.78, 5) is 13.7. The number of carbonyl (C=O) groups is 1. The highest BCUT2D eigenvalue weighted by Crippen LogP contribution is 2.19. The molecule has 1 heterocycles. The number of aliphatic hydroxyl groups is 1. The summed E-state index contributed by atoms with van der Waals surface area (Å²) < 4.78 is 14.3. The summed E-state index contributed by atoms with van der Waals surface area (Å²) in [5, 5.41) is 9.04. The van der Waals surface area contributed by atoms with E-state index >= 15 is 0 Å². The van der Waals surface area contributed by atoms with Gasteiger partial charge in [-0.25, -0.2) is 4.39 Å². The number of rotatable bonds is 4. The number of aryl methyl sites for hydroxylation is 1. The van der Waals surface area contributed by atoms with E-state index in [1.54, 1.807) is 17.0 Å². The number of carbonyl (C=O) groups excluding carboxylic acids is 1. The molecule has 0 saturated carbocycles. The SMILES string of the molecule is O=C(CCc1ccc(Br)cc1F)N1CCC(CO)C1. The highest BCUT2D eigenvalue weighted by atomic mass is 79.9. The van der Waals surface area contributed by atoms with Gasteiger partial charge in [-0.3, -0.25) is 4.79 Å². The number of likely N-dealkylation sites (tertiary alicyclic amines) is 1. The lowest BCUT2D eigenvalue weighted by molar-refractivity contribution is -0.130. The lowest BCUT2D eigenvalue weighted by Crippen LogP contribution is -2.29. The molecule has 1 unspecified atom stereocenters. The van der Waals surface area contributed by atoms with Crippen LogP contribution in [0.3, 0.4) is 0 Å². The van der Waals surface area contributed by atoms with Crippen LogP contribution < -0.4 is 0 Å². The summed E-state index contributed by atoms with van der Waals surface area (Å²) in [5.41, 5.74) is 0.564. The zero-order chi connectivity index (χ0) is 13.8. The van der Waals surface area contributed by atoms with Crippen molar-refractivity contribution in [3.8, 4) is 0 Å². The third kappa shape index (κ3) is 3.76. The summed E-state index contributed by atoms with van der Waals surface area (Å²) in [7, 11) is 0. The first-order valence-corrected chi connectivity index (χ1v) is 7.22. The van der Waals surface area contributed by atoms with Crippen molar-refractivity contribution in [2.45, 2.75) is 19.3 Å². The number of hydrogen-bond acceptors (Lipinski definition) is 2. The molecule has 1 aliphatic heterocycles. The maximum Gasteiger partial charge on any atom is 0.222 e. The van der Waals surface area contributed by atoms with Gasteiger partial charge in [-0.15, -0.1) is 0 Å². The smallest absolute Gasteiger partial charge is 0.222 e. The van der Waals surface area contributed by atoms with Gasteiger partial charge in [0.15, 0.2) is 0 Å². The molecule has 1 aromatic carbocycles. The van der Waals surface area contributed by atoms with Crippen LogP contribution in [0.25, 0.3) is 0 Å². The molecule has 5 heteroatoms. The Hall–Kier alpha value is -0.940. The Morgan fingerprint density at radius 3 is 2.95 bits per heavy atom. The topological polar surface area (TPSA) is 40.5 Å². The first kappa shape index (κ1) is 14.5. The van der Waals surface area contributed by atoms with Crippen molar-refractivity contribution in [2.75, 3.05) is 19.7 Å². The molecule has 0 aliphatic carbocycles. The van der Waals surface area contributed by atoms with Gasteiger partial charge in [0.2, 0.25) is 5.91 Å². The lowest BCUT2D eigenvalue weighted by Gasteiger charge is -2.16. The predicted octanol–water partition coefficient (Wildman–Crippen LogP) is 2.36. The van der Waals surface area contributed by atoms with Gasteiger partial charge in [0.05, 0.1) is 0 Å². The molecule has 19 heavy (non-hydrogen) atoms. The molecular formula is C14H17BrFNO2. The largest absolute Gasteiger partial charge is 0.396 e. The summed E-state index contributed by atoms with van der Waals surface area (Å²) in [5.74, 6) is -0.0385. The van der Waals surface area contributed by atoms with E-state index in [-0.39, 0.29) is 24.2 Å². The lowest BCUT2D eigenvalue weighted by atomic mass is 10.1. The normalized spacial score (nSPS) is 18.9. The van der Waals surface area contributed by atoms with E-state index in [1.807, 2.05) is 0 Å². The molecule has 1 N–H and O–H groups in total. The molecule has 0 bridgehead atoms. The van der Waals surface area contributed by atoms with Crippen molar-refractivity contribution in [3.05, 3.63) is 34.1 Å². The van der Waals surface area contributed by atoms with Crippen molar-refractivity contribution in [1.82, 2.24) is 4.90 Å². The van der Waals surface area contributed by atoms with Crippen LogP contribution in [-0.4, -0.2) is 35.6 Å². The average Bonchev–Trinajstić information content (AvgIpc) is 2.86. The third-order valence-corrected chi connectivity index (χ3v) is 4.01. The Morgan fingerprint density at radius 1 is 1.53 bits per heavy atom. The Kier molecular flexibility index (Phi) is 4.93. The van der Waals surface area contributed by atoms with Gasteiger partial charge in [0.25, 0.3) is 0 Å². The van der Waals surface area contributed by atoms with Gasteiger partial charge in [-0.1, -0.05) is 22.0 Å². The minimum Gasteiger partial charge on any atom is -0.396 e. The molecule has 0 aromatic heterocycles. The van der Waals surface area contributed by atoms with Crippen LogP contribution in [-0.2, 0) is 11.2 Å². The fourth-order valence-corrected chi connectivity index (χ4v) is 2.67. The average molecular weight is 330 g/mol. The predicted molar refractivity (Wildman–Crippen MR) is 74.2 cm³/mol. The van der Waals surface area contributed by atoms with Crippen LogP contribution in [0, 0.1) is 11.7 Å². The first-order chi connectivity index (χ1) is 9.10. The molecule has 1 saturated heterocycles. The van der Waals surface area contributed by atoms with Crippen LogP contribution in [0.5, 0.6) is 0 Å². The summed E-state index contributed by atoms with van der Waals surface area (Å²) in [6.45, 7) is 1.45. The van der Waals surface area contributed by atoms with E-state index in [2.05, 4.69) is 15.9 Å². The van der Waals surface area contributed by atoms with Gasteiger partial charge in [-0.2, -0.15) is 0 Å². The number of nitrogens with zero attached hydrogens (tertiary/aromatic N) is 1. The Balaban J connectivity index is 1.87. The summed E-state index contributed by atoms with van der Waals surface area (Å²) >= 11 is 3.21. The van der Waals surface area contributed by atoms with E-state index in [1.165, 1.54) is 6.07 Å². The molecule has 1 aliphatic rings. The fourth-order valence-electron chi connectivity index (χ4n) is 2.33. The van der Waals surface area contributed by atoms with Gasteiger partial charge in [-0.05, 0) is 30.5 Å². The number of halogens is 2. The monoisotopic (exact) mass is 329 g/mol. The quantitative estimate of drug-likeness (QED) is 0.921. The van der Waals surface area contributed by atoms with Gasteiger partial charge in [0, 0.05) is 36.5 Å². The maximum atomic E-state index is 13.6. The highest BCUT2D eigenvalue weighted by Gasteiger charge is 2.25. The van der Waals surface area contributed by atoms with Crippen molar-refractivity contribution in [1.29, 1.82) is 0 Å². The maximum absolute atomic E-state index is 13.6. The highest BCUT2D eigenvalue weighted by molar-refractivity contribution is 9.10. The van der Waals surface area contributed by atoms with E-state index in [9.17, 15) is 9.18 Å². The molecule has 3 nitrogen and oxygen atoms in total. The molecule has 1 fully saturated rings. The zero-order valence-electron chi connectivity index (χ0n) is 10.6. The second kappa shape index (κ2) is 6.48. The summed E-state index contributed by atoms with van der Waals surface area (Å²) in [6.07, 6.45) is 1.59. The number of amides is 1. The van der Waals surface area contributed by atoms with Crippen molar-refractivity contribution in [2.24, 2.45) is 5.92 Å². The van der Waals surface area contributed by atoms with Crippen LogP contribution in [0.15, 0.2) is 22.7 Å². The fraction of sp³-hybridized carbons (Fsp3) is 0.500. The Bertz CT molecular complexity index is 467. The van der Waals surface area contributed by atoms with Crippen molar-refractivity contribution >= 4 is 21.8 Å². The molecule has 1 aromatic rings. The van der Waals surface area contributed by atoms with E-state index in [4.69, 9.17) is 5.11 Å². The van der Waals surface area contributed by atoms with Crippen LogP contribution in [0.2, 0.25) is 0 Å². The minimum absolute atomic E-state index is 0.0401.